The summed E-state index contributed by atoms with van der Waals surface area (Å²) in [6.45, 7) is 0. The summed E-state index contributed by atoms with van der Waals surface area (Å²) in [6, 6.07) is 53.0. The quantitative estimate of drug-likeness (QED) is 0.232. The third-order valence-corrected chi connectivity index (χ3v) is 8.17. The molecule has 0 saturated heterocycles. The van der Waals surface area contributed by atoms with Gasteiger partial charge in [-0.05, 0) is 44.7 Å². The predicted molar refractivity (Wildman–Crippen MR) is 166 cm³/mol. The van der Waals surface area contributed by atoms with E-state index < -0.39 is 5.41 Å². The number of fused-ring (bicyclic) bond motifs is 4. The zero-order chi connectivity index (χ0) is 27.2. The minimum atomic E-state index is -0.702. The van der Waals surface area contributed by atoms with E-state index in [4.69, 9.17) is 15.0 Å². The number of rotatable bonds is 4. The van der Waals surface area contributed by atoms with Crippen molar-refractivity contribution < 1.29 is 0 Å². The maximum atomic E-state index is 5.34. The van der Waals surface area contributed by atoms with E-state index in [1.807, 2.05) is 18.2 Å². The van der Waals surface area contributed by atoms with Gasteiger partial charge in [0.1, 0.15) is 5.41 Å². The van der Waals surface area contributed by atoms with Crippen LogP contribution in [0.4, 0.5) is 0 Å². The highest BCUT2D eigenvalue weighted by molar-refractivity contribution is 5.87. The molecule has 0 fully saturated rings. The highest BCUT2D eigenvalue weighted by Gasteiger charge is 2.48. The fourth-order valence-corrected chi connectivity index (χ4v) is 6.32. The number of benzene rings is 6. The molecule has 3 nitrogen and oxygen atoms in total. The van der Waals surface area contributed by atoms with Crippen LogP contribution in [0.3, 0.4) is 0 Å². The summed E-state index contributed by atoms with van der Waals surface area (Å²) in [5.74, 6) is 2.05. The molecule has 0 aliphatic heterocycles. The van der Waals surface area contributed by atoms with Crippen LogP contribution in [-0.2, 0) is 5.41 Å². The van der Waals surface area contributed by atoms with Crippen LogP contribution in [0.5, 0.6) is 0 Å². The Bertz CT molecular complexity index is 2000. The van der Waals surface area contributed by atoms with E-state index in [0.29, 0.717) is 11.6 Å². The fourth-order valence-electron chi connectivity index (χ4n) is 6.32. The molecule has 1 aliphatic rings. The first-order valence-corrected chi connectivity index (χ1v) is 13.9. The molecule has 1 aliphatic carbocycles. The Morgan fingerprint density at radius 3 is 1.61 bits per heavy atom. The van der Waals surface area contributed by atoms with Crippen LogP contribution in [0.2, 0.25) is 0 Å². The van der Waals surface area contributed by atoms with E-state index in [0.717, 1.165) is 27.9 Å². The van der Waals surface area contributed by atoms with Crippen LogP contribution < -0.4 is 0 Å². The van der Waals surface area contributed by atoms with Crippen molar-refractivity contribution in [2.45, 2.75) is 5.41 Å². The molecule has 0 radical (unpaired) electrons. The average molecular weight is 524 g/mol. The van der Waals surface area contributed by atoms with E-state index >= 15 is 0 Å². The van der Waals surface area contributed by atoms with Crippen molar-refractivity contribution in [1.29, 1.82) is 0 Å². The SMILES string of the molecule is c1ccc(-c2nc(-c3ccc4ccccc4c3)nc(C3(c4ccccc4)c4ccccc4-c4ccccc43)n2)cc1. The Kier molecular flexibility index (Phi) is 5.36. The van der Waals surface area contributed by atoms with Gasteiger partial charge >= 0.3 is 0 Å². The molecule has 0 N–H and O–H groups in total. The fraction of sp³-hybridized carbons (Fsp3) is 0.0263. The first kappa shape index (κ1) is 23.5. The summed E-state index contributed by atoms with van der Waals surface area (Å²) in [5.41, 5.74) is 7.14. The number of nitrogens with zero attached hydrogens (tertiary/aromatic N) is 3. The smallest absolute Gasteiger partial charge is 0.163 e. The molecule has 6 aromatic carbocycles. The zero-order valence-electron chi connectivity index (χ0n) is 22.3. The number of hydrogen-bond donors (Lipinski definition) is 0. The lowest BCUT2D eigenvalue weighted by atomic mass is 9.71. The molecule has 1 aromatic heterocycles. The van der Waals surface area contributed by atoms with E-state index in [9.17, 15) is 0 Å². The van der Waals surface area contributed by atoms with Crippen molar-refractivity contribution in [3.05, 3.63) is 174 Å². The molecule has 0 bridgehead atoms. The van der Waals surface area contributed by atoms with Crippen LogP contribution in [0.25, 0.3) is 44.7 Å². The molecule has 0 atom stereocenters. The highest BCUT2D eigenvalue weighted by atomic mass is 15.0. The molecule has 0 spiro atoms. The van der Waals surface area contributed by atoms with Gasteiger partial charge in [0, 0.05) is 11.1 Å². The van der Waals surface area contributed by atoms with Crippen molar-refractivity contribution in [2.24, 2.45) is 0 Å². The molecule has 0 amide bonds. The van der Waals surface area contributed by atoms with Crippen molar-refractivity contribution >= 4 is 10.8 Å². The summed E-state index contributed by atoms with van der Waals surface area (Å²) in [4.78, 5) is 15.7. The van der Waals surface area contributed by atoms with E-state index in [2.05, 4.69) is 133 Å². The van der Waals surface area contributed by atoms with Gasteiger partial charge in [0.25, 0.3) is 0 Å². The van der Waals surface area contributed by atoms with Crippen molar-refractivity contribution in [3.8, 4) is 33.9 Å². The lowest BCUT2D eigenvalue weighted by molar-refractivity contribution is 0.692. The molecule has 41 heavy (non-hydrogen) atoms. The first-order valence-electron chi connectivity index (χ1n) is 13.9. The van der Waals surface area contributed by atoms with Gasteiger partial charge < -0.3 is 0 Å². The minimum absolute atomic E-state index is 0.663. The molecular formula is C38H25N3. The third kappa shape index (κ3) is 3.63. The Balaban J connectivity index is 1.49. The van der Waals surface area contributed by atoms with E-state index in [-0.39, 0.29) is 0 Å². The van der Waals surface area contributed by atoms with Crippen LogP contribution in [-0.4, -0.2) is 15.0 Å². The van der Waals surface area contributed by atoms with Crippen LogP contribution in [0, 0.1) is 0 Å². The van der Waals surface area contributed by atoms with E-state index in [1.165, 1.54) is 27.6 Å². The summed E-state index contributed by atoms with van der Waals surface area (Å²) in [5, 5.41) is 2.34. The summed E-state index contributed by atoms with van der Waals surface area (Å²) < 4.78 is 0. The van der Waals surface area contributed by atoms with Gasteiger partial charge in [-0.3, -0.25) is 0 Å². The molecule has 192 valence electrons. The minimum Gasteiger partial charge on any atom is -0.211 e. The van der Waals surface area contributed by atoms with Crippen molar-refractivity contribution in [3.63, 3.8) is 0 Å². The summed E-state index contributed by atoms with van der Waals surface area (Å²) >= 11 is 0. The summed E-state index contributed by atoms with van der Waals surface area (Å²) in [6.07, 6.45) is 0. The van der Waals surface area contributed by atoms with E-state index in [1.54, 1.807) is 0 Å². The lowest BCUT2D eigenvalue weighted by Gasteiger charge is -2.31. The Labute approximate surface area is 238 Å². The van der Waals surface area contributed by atoms with Gasteiger partial charge in [-0.2, -0.15) is 0 Å². The maximum Gasteiger partial charge on any atom is 0.163 e. The van der Waals surface area contributed by atoms with Crippen molar-refractivity contribution in [1.82, 2.24) is 15.0 Å². The van der Waals surface area contributed by atoms with Gasteiger partial charge in [0.2, 0.25) is 0 Å². The Morgan fingerprint density at radius 1 is 0.390 bits per heavy atom. The highest BCUT2D eigenvalue weighted by Crippen LogP contribution is 2.55. The molecular weight excluding hydrogens is 498 g/mol. The topological polar surface area (TPSA) is 38.7 Å². The largest absolute Gasteiger partial charge is 0.211 e. The van der Waals surface area contributed by atoms with Gasteiger partial charge in [-0.15, -0.1) is 0 Å². The second kappa shape index (κ2) is 9.35. The molecule has 0 saturated carbocycles. The van der Waals surface area contributed by atoms with Gasteiger partial charge in [0.15, 0.2) is 17.5 Å². The van der Waals surface area contributed by atoms with Crippen molar-refractivity contribution in [2.75, 3.05) is 0 Å². The third-order valence-electron chi connectivity index (χ3n) is 8.17. The normalized spacial score (nSPS) is 13.1. The molecule has 7 aromatic rings. The molecule has 1 heterocycles. The van der Waals surface area contributed by atoms with Crippen LogP contribution >= 0.6 is 0 Å². The first-order chi connectivity index (χ1) is 20.3. The predicted octanol–water partition coefficient (Wildman–Crippen LogP) is 8.72. The standard InChI is InChI=1S/C38H25N3/c1-3-14-27(15-4-1)35-39-36(29-24-23-26-13-7-8-16-28(26)25-29)41-37(40-35)38(30-17-5-2-6-18-30)33-21-11-9-19-31(33)32-20-10-12-22-34(32)38/h1-25H. The average Bonchev–Trinajstić information content (AvgIpc) is 3.36. The second-order valence-corrected chi connectivity index (χ2v) is 10.4. The van der Waals surface area contributed by atoms with Crippen LogP contribution in [0.1, 0.15) is 22.5 Å². The molecule has 0 unspecified atom stereocenters. The number of aromatic nitrogens is 3. The maximum absolute atomic E-state index is 5.34. The van der Waals surface area contributed by atoms with Gasteiger partial charge in [0.05, 0.1) is 0 Å². The monoisotopic (exact) mass is 523 g/mol. The summed E-state index contributed by atoms with van der Waals surface area (Å²) in [7, 11) is 0. The Morgan fingerprint density at radius 2 is 0.927 bits per heavy atom. The lowest BCUT2D eigenvalue weighted by Crippen LogP contribution is -2.31. The molecule has 3 heteroatoms. The number of hydrogen-bond acceptors (Lipinski definition) is 3. The zero-order valence-corrected chi connectivity index (χ0v) is 22.3. The second-order valence-electron chi connectivity index (χ2n) is 10.4. The van der Waals surface area contributed by atoms with Gasteiger partial charge in [-0.1, -0.05) is 146 Å². The van der Waals surface area contributed by atoms with Crippen LogP contribution in [0.15, 0.2) is 152 Å². The van der Waals surface area contributed by atoms with Gasteiger partial charge in [-0.25, -0.2) is 15.0 Å². The molecule has 8 rings (SSSR count). The Hall–Kier alpha value is -5.41.